The van der Waals surface area contributed by atoms with Gasteiger partial charge in [-0.3, -0.25) is 4.90 Å². The summed E-state index contributed by atoms with van der Waals surface area (Å²) in [4.78, 5) is 7.27. The highest BCUT2D eigenvalue weighted by Gasteiger charge is 2.38. The van der Waals surface area contributed by atoms with Crippen molar-refractivity contribution in [3.8, 4) is 11.5 Å². The average Bonchev–Trinajstić information content (AvgIpc) is 3.37. The largest absolute Gasteiger partial charge is 0.504 e. The first-order chi connectivity index (χ1) is 12.1. The third kappa shape index (κ3) is 5.16. The second-order valence-corrected chi connectivity index (χ2v) is 7.02. The summed E-state index contributed by atoms with van der Waals surface area (Å²) in [5, 5.41) is 17.1. The molecule has 2 atom stereocenters. The van der Waals surface area contributed by atoms with Gasteiger partial charge in [0.2, 0.25) is 0 Å². The zero-order valence-electron chi connectivity index (χ0n) is 15.9. The molecule has 146 valence electrons. The Bertz CT molecular complexity index is 622. The summed E-state index contributed by atoms with van der Waals surface area (Å²) in [6, 6.07) is 7.35. The van der Waals surface area contributed by atoms with Crippen molar-refractivity contribution in [2.75, 3.05) is 20.2 Å². The first kappa shape index (κ1) is 21.1. The van der Waals surface area contributed by atoms with Crippen molar-refractivity contribution in [1.29, 1.82) is 0 Å². The van der Waals surface area contributed by atoms with Crippen LogP contribution in [0.4, 0.5) is 0 Å². The fourth-order valence-electron chi connectivity index (χ4n) is 3.61. The first-order valence-electron chi connectivity index (χ1n) is 9.27. The van der Waals surface area contributed by atoms with Gasteiger partial charge in [0.15, 0.2) is 17.5 Å². The zero-order valence-corrected chi connectivity index (χ0v) is 18.2. The number of para-hydroxylation sites is 1. The molecular weight excluding hydrogens is 443 g/mol. The zero-order chi connectivity index (χ0) is 17.8. The van der Waals surface area contributed by atoms with E-state index in [1.807, 2.05) is 12.1 Å². The number of benzene rings is 1. The van der Waals surface area contributed by atoms with Crippen LogP contribution in [0.2, 0.25) is 0 Å². The smallest absolute Gasteiger partial charge is 0.191 e. The third-order valence-electron chi connectivity index (χ3n) is 5.03. The van der Waals surface area contributed by atoms with Crippen LogP contribution in [0.1, 0.15) is 38.7 Å². The van der Waals surface area contributed by atoms with Crippen LogP contribution in [0.3, 0.4) is 0 Å². The van der Waals surface area contributed by atoms with E-state index in [2.05, 4.69) is 34.4 Å². The van der Waals surface area contributed by atoms with Crippen LogP contribution in [-0.2, 0) is 6.54 Å². The Labute approximate surface area is 173 Å². The summed E-state index contributed by atoms with van der Waals surface area (Å²) in [6.07, 6.45) is 3.84. The summed E-state index contributed by atoms with van der Waals surface area (Å²) >= 11 is 0. The lowest BCUT2D eigenvalue weighted by Gasteiger charge is -2.20. The lowest BCUT2D eigenvalue weighted by atomic mass is 10.2. The van der Waals surface area contributed by atoms with Crippen LogP contribution < -0.4 is 15.4 Å². The second-order valence-electron chi connectivity index (χ2n) is 7.02. The molecule has 2 fully saturated rings. The maximum absolute atomic E-state index is 10.2. The fraction of sp³-hybridized carbons (Fsp3) is 0.632. The molecule has 0 aromatic heterocycles. The van der Waals surface area contributed by atoms with E-state index in [9.17, 15) is 5.11 Å². The monoisotopic (exact) mass is 474 g/mol. The molecule has 0 radical (unpaired) electrons. The van der Waals surface area contributed by atoms with E-state index in [4.69, 9.17) is 4.74 Å². The number of hydrogen-bond acceptors (Lipinski definition) is 4. The molecule has 1 aliphatic carbocycles. The van der Waals surface area contributed by atoms with E-state index in [1.54, 1.807) is 13.2 Å². The van der Waals surface area contributed by atoms with Crippen molar-refractivity contribution in [1.82, 2.24) is 15.5 Å². The van der Waals surface area contributed by atoms with Gasteiger partial charge in [-0.2, -0.15) is 0 Å². The van der Waals surface area contributed by atoms with E-state index in [-0.39, 0.29) is 29.7 Å². The minimum atomic E-state index is 0. The molecule has 6 nitrogen and oxygen atoms in total. The molecule has 0 amide bonds. The summed E-state index contributed by atoms with van der Waals surface area (Å²) < 4.78 is 5.16. The molecule has 1 aliphatic heterocycles. The van der Waals surface area contributed by atoms with Crippen LogP contribution in [-0.4, -0.2) is 54.3 Å². The molecule has 1 saturated heterocycles. The molecule has 3 N–H and O–H groups in total. The van der Waals surface area contributed by atoms with E-state index in [0.29, 0.717) is 24.4 Å². The van der Waals surface area contributed by atoms with Gasteiger partial charge in [-0.25, -0.2) is 4.99 Å². The molecule has 7 heteroatoms. The summed E-state index contributed by atoms with van der Waals surface area (Å²) in [6.45, 7) is 6.69. The Hall–Kier alpha value is -1.22. The second kappa shape index (κ2) is 9.64. The van der Waals surface area contributed by atoms with Crippen molar-refractivity contribution in [3.63, 3.8) is 0 Å². The van der Waals surface area contributed by atoms with E-state index < -0.39 is 0 Å². The van der Waals surface area contributed by atoms with Crippen LogP contribution >= 0.6 is 24.0 Å². The molecule has 1 aromatic rings. The Morgan fingerprint density at radius 1 is 1.38 bits per heavy atom. The number of rotatable bonds is 6. The third-order valence-corrected chi connectivity index (χ3v) is 5.03. The predicted molar refractivity (Wildman–Crippen MR) is 116 cm³/mol. The van der Waals surface area contributed by atoms with Crippen molar-refractivity contribution in [2.24, 2.45) is 4.99 Å². The lowest BCUT2D eigenvalue weighted by Crippen LogP contribution is -2.44. The summed E-state index contributed by atoms with van der Waals surface area (Å²) in [5.41, 5.74) is 0.760. The Morgan fingerprint density at radius 2 is 2.15 bits per heavy atom. The standard InChI is InChI=1S/C19H30N4O2.HI/c1-4-20-19(21-11-14-6-5-7-17(25-3)18(14)24)22-15-10-13(2)23(12-15)16-8-9-16;/h5-7,13,15-16,24H,4,8-12H2,1-3H3,(H2,20,21,22);1H. The molecule has 26 heavy (non-hydrogen) atoms. The number of phenols is 1. The number of nitrogens with zero attached hydrogens (tertiary/aromatic N) is 2. The minimum Gasteiger partial charge on any atom is -0.504 e. The Kier molecular flexibility index (Phi) is 7.82. The number of aromatic hydroxyl groups is 1. The predicted octanol–water partition coefficient (Wildman–Crippen LogP) is 2.70. The highest BCUT2D eigenvalue weighted by molar-refractivity contribution is 14.0. The topological polar surface area (TPSA) is 69.1 Å². The Balaban J connectivity index is 0.00000243. The maximum atomic E-state index is 10.2. The van der Waals surface area contributed by atoms with Gasteiger partial charge >= 0.3 is 0 Å². The molecule has 0 bridgehead atoms. The molecule has 3 rings (SSSR count). The number of ether oxygens (including phenoxy) is 1. The fourth-order valence-corrected chi connectivity index (χ4v) is 3.61. The maximum Gasteiger partial charge on any atom is 0.191 e. The lowest BCUT2D eigenvalue weighted by molar-refractivity contribution is 0.256. The summed E-state index contributed by atoms with van der Waals surface area (Å²) in [7, 11) is 1.56. The van der Waals surface area contributed by atoms with Gasteiger partial charge in [-0.1, -0.05) is 12.1 Å². The quantitative estimate of drug-likeness (QED) is 0.336. The van der Waals surface area contributed by atoms with E-state index in [0.717, 1.165) is 37.1 Å². The van der Waals surface area contributed by atoms with Crippen LogP contribution in [0.25, 0.3) is 0 Å². The van der Waals surface area contributed by atoms with Crippen molar-refractivity contribution in [3.05, 3.63) is 23.8 Å². The molecule has 1 aromatic carbocycles. The van der Waals surface area contributed by atoms with E-state index in [1.165, 1.54) is 12.8 Å². The van der Waals surface area contributed by atoms with Gasteiger partial charge < -0.3 is 20.5 Å². The van der Waals surface area contributed by atoms with Gasteiger partial charge in [0.1, 0.15) is 0 Å². The number of phenolic OH excluding ortho intramolecular Hbond substituents is 1. The number of halogens is 1. The van der Waals surface area contributed by atoms with Gasteiger partial charge in [-0.15, -0.1) is 24.0 Å². The van der Waals surface area contributed by atoms with Crippen LogP contribution in [0.15, 0.2) is 23.2 Å². The molecule has 0 spiro atoms. The summed E-state index contributed by atoms with van der Waals surface area (Å²) in [5.74, 6) is 1.45. The number of likely N-dealkylation sites (tertiary alicyclic amines) is 1. The normalized spacial score (nSPS) is 23.4. The van der Waals surface area contributed by atoms with E-state index >= 15 is 0 Å². The number of aliphatic imine (C=N–C) groups is 1. The number of methoxy groups -OCH3 is 1. The van der Waals surface area contributed by atoms with Crippen molar-refractivity contribution < 1.29 is 9.84 Å². The molecular formula is C19H31IN4O2. The number of nitrogens with one attached hydrogen (secondary N) is 2. The SMILES string of the molecule is CCNC(=NCc1cccc(OC)c1O)NC1CC(C)N(C2CC2)C1.I. The van der Waals surface area contributed by atoms with Crippen LogP contribution in [0.5, 0.6) is 11.5 Å². The van der Waals surface area contributed by atoms with Gasteiger partial charge in [0.25, 0.3) is 0 Å². The van der Waals surface area contributed by atoms with Gasteiger partial charge in [-0.05, 0) is 39.2 Å². The highest BCUT2D eigenvalue weighted by atomic mass is 127. The number of hydrogen-bond donors (Lipinski definition) is 3. The van der Waals surface area contributed by atoms with Crippen LogP contribution in [0, 0.1) is 0 Å². The highest BCUT2D eigenvalue weighted by Crippen LogP contribution is 2.33. The van der Waals surface area contributed by atoms with Crippen molar-refractivity contribution >= 4 is 29.9 Å². The molecule has 1 saturated carbocycles. The van der Waals surface area contributed by atoms with Crippen molar-refractivity contribution in [2.45, 2.75) is 57.8 Å². The first-order valence-corrected chi connectivity index (χ1v) is 9.27. The van der Waals surface area contributed by atoms with Gasteiger partial charge in [0, 0.05) is 36.8 Å². The average molecular weight is 474 g/mol. The number of guanidine groups is 1. The minimum absolute atomic E-state index is 0. The van der Waals surface area contributed by atoms with Gasteiger partial charge in [0.05, 0.1) is 13.7 Å². The molecule has 1 heterocycles. The molecule has 2 unspecified atom stereocenters. The Morgan fingerprint density at radius 3 is 2.81 bits per heavy atom. The molecule has 2 aliphatic rings.